The van der Waals surface area contributed by atoms with Crippen molar-refractivity contribution in [2.24, 2.45) is 0 Å². The van der Waals surface area contributed by atoms with Gasteiger partial charge in [-0.3, -0.25) is 0 Å². The molecule has 0 aliphatic carbocycles. The van der Waals surface area contributed by atoms with Crippen molar-refractivity contribution in [3.05, 3.63) is 48.8 Å². The van der Waals surface area contributed by atoms with Gasteiger partial charge in [-0.2, -0.15) is 0 Å². The molecule has 0 unspecified atom stereocenters. The summed E-state index contributed by atoms with van der Waals surface area (Å²) < 4.78 is 35.8. The lowest BCUT2D eigenvalue weighted by Crippen LogP contribution is -2.68. The number of halogens is 1. The maximum atomic E-state index is 8.49. The Kier molecular flexibility index (Phi) is 5.61. The van der Waals surface area contributed by atoms with Crippen LogP contribution in [0, 0.1) is 10.2 Å². The molecule has 1 N–H and O–H groups in total. The predicted molar refractivity (Wildman–Crippen MR) is 55.3 cm³/mol. The highest BCUT2D eigenvalue weighted by Crippen LogP contribution is 2.00. The van der Waals surface area contributed by atoms with E-state index in [0.29, 0.717) is 0 Å². The Bertz CT molecular complexity index is 482. The van der Waals surface area contributed by atoms with Crippen molar-refractivity contribution in [1.29, 1.82) is 0 Å². The highest BCUT2D eigenvalue weighted by molar-refractivity contribution is 5.37. The largest absolute Gasteiger partial charge is 0.387 e. The molecule has 0 aliphatic heterocycles. The van der Waals surface area contributed by atoms with E-state index < -0.39 is 10.2 Å². The monoisotopic (exact) mass is 285 g/mol. The van der Waals surface area contributed by atoms with Crippen LogP contribution in [-0.2, 0) is 0 Å². The molecular weight excluding hydrogens is 274 g/mol. The van der Waals surface area contributed by atoms with E-state index >= 15 is 0 Å². The zero-order valence-electron chi connectivity index (χ0n) is 10.0. The van der Waals surface area contributed by atoms with Gasteiger partial charge in [0, 0.05) is 25.2 Å². The van der Waals surface area contributed by atoms with Crippen molar-refractivity contribution in [3.8, 4) is 5.69 Å². The molecule has 102 valence electrons. The number of hydrogen-bond acceptors (Lipinski definition) is 6. The van der Waals surface area contributed by atoms with Gasteiger partial charge in [0.25, 0.3) is 0 Å². The first-order chi connectivity index (χ1) is 8.90. The summed E-state index contributed by atoms with van der Waals surface area (Å²) in [6, 6.07) is 12.0. The quantitative estimate of drug-likeness (QED) is 0.575. The lowest BCUT2D eigenvalue weighted by Gasteiger charge is -2.17. The SMILES string of the molecule is CNc1cc[n+](-c2ccccc2)nc1.[O-][Cl+3]([O-])([O-])[O-]. The molecule has 0 fully saturated rings. The first-order valence-electron chi connectivity index (χ1n) is 5.13. The van der Waals surface area contributed by atoms with Crippen LogP contribution in [0.5, 0.6) is 0 Å². The average Bonchev–Trinajstić information content (AvgIpc) is 2.38. The van der Waals surface area contributed by atoms with E-state index in [4.69, 9.17) is 18.6 Å². The second kappa shape index (κ2) is 6.98. The van der Waals surface area contributed by atoms with Crippen LogP contribution in [0.4, 0.5) is 5.69 Å². The standard InChI is InChI=1S/C11H11N3.ClHO4/c1-12-10-7-8-14(13-9-10)11-5-3-2-4-6-11;2-1(3,4)5/h2-9H,1H3;(H,2,3,4,5). The molecule has 19 heavy (non-hydrogen) atoms. The molecule has 2 rings (SSSR count). The third kappa shape index (κ3) is 6.65. The van der Waals surface area contributed by atoms with Crippen molar-refractivity contribution in [2.75, 3.05) is 12.4 Å². The van der Waals surface area contributed by atoms with Crippen LogP contribution >= 0.6 is 0 Å². The van der Waals surface area contributed by atoms with Crippen LogP contribution < -0.4 is 28.6 Å². The van der Waals surface area contributed by atoms with Crippen LogP contribution in [0.2, 0.25) is 0 Å². The number of aromatic nitrogens is 2. The summed E-state index contributed by atoms with van der Waals surface area (Å²) in [5.74, 6) is 0. The Labute approximate surface area is 112 Å². The van der Waals surface area contributed by atoms with Crippen LogP contribution in [0.1, 0.15) is 0 Å². The van der Waals surface area contributed by atoms with Gasteiger partial charge in [-0.1, -0.05) is 22.9 Å². The van der Waals surface area contributed by atoms with E-state index in [9.17, 15) is 0 Å². The molecule has 2 aromatic rings. The molecule has 8 heteroatoms. The lowest BCUT2D eigenvalue weighted by atomic mass is 10.3. The number of benzene rings is 1. The van der Waals surface area contributed by atoms with Gasteiger partial charge in [0.1, 0.15) is 6.20 Å². The fourth-order valence-corrected chi connectivity index (χ4v) is 1.24. The number of rotatable bonds is 2. The summed E-state index contributed by atoms with van der Waals surface area (Å²) in [5.41, 5.74) is 2.08. The van der Waals surface area contributed by atoms with Gasteiger partial charge < -0.3 is 5.32 Å². The second-order valence-corrected chi connectivity index (χ2v) is 4.08. The van der Waals surface area contributed by atoms with Crippen molar-refractivity contribution in [3.63, 3.8) is 0 Å². The van der Waals surface area contributed by atoms with E-state index in [1.807, 2.05) is 54.3 Å². The number of para-hydroxylation sites is 1. The van der Waals surface area contributed by atoms with Crippen LogP contribution in [-0.4, -0.2) is 12.1 Å². The van der Waals surface area contributed by atoms with Crippen molar-refractivity contribution in [1.82, 2.24) is 5.10 Å². The molecule has 0 radical (unpaired) electrons. The Morgan fingerprint density at radius 1 is 1.05 bits per heavy atom. The maximum absolute atomic E-state index is 8.49. The van der Waals surface area contributed by atoms with Gasteiger partial charge in [0.2, 0.25) is 11.9 Å². The predicted octanol–water partition coefficient (Wildman–Crippen LogP) is -3.36. The Balaban J connectivity index is 0.000000312. The smallest absolute Gasteiger partial charge is 0.238 e. The van der Waals surface area contributed by atoms with E-state index in [1.165, 1.54) is 0 Å². The van der Waals surface area contributed by atoms with Crippen molar-refractivity contribution in [2.45, 2.75) is 0 Å². The molecule has 0 bridgehead atoms. The zero-order valence-corrected chi connectivity index (χ0v) is 10.8. The minimum Gasteiger partial charge on any atom is -0.387 e. The van der Waals surface area contributed by atoms with E-state index in [0.717, 1.165) is 11.4 Å². The van der Waals surface area contributed by atoms with Gasteiger partial charge in [-0.15, -0.1) is 10.2 Å². The van der Waals surface area contributed by atoms with Crippen LogP contribution in [0.25, 0.3) is 5.69 Å². The molecule has 7 nitrogen and oxygen atoms in total. The minimum atomic E-state index is -4.94. The molecule has 0 saturated heterocycles. The minimum absolute atomic E-state index is 1.01. The lowest BCUT2D eigenvalue weighted by molar-refractivity contribution is -2.00. The fraction of sp³-hybridized carbons (Fsp3) is 0.0909. The summed E-state index contributed by atoms with van der Waals surface area (Å²) in [5, 5.41) is 7.30. The topological polar surface area (TPSA) is 121 Å². The van der Waals surface area contributed by atoms with Gasteiger partial charge in [0.05, 0.1) is 5.69 Å². The number of hydrogen-bond donors (Lipinski definition) is 1. The summed E-state index contributed by atoms with van der Waals surface area (Å²) >= 11 is 0. The van der Waals surface area contributed by atoms with Crippen LogP contribution in [0.3, 0.4) is 0 Å². The summed E-state index contributed by atoms with van der Waals surface area (Å²) in [4.78, 5) is 0. The Morgan fingerprint density at radius 2 is 1.63 bits per heavy atom. The summed E-state index contributed by atoms with van der Waals surface area (Å²) in [7, 11) is -3.07. The molecule has 1 aromatic heterocycles. The normalized spacial score (nSPS) is 10.4. The van der Waals surface area contributed by atoms with Gasteiger partial charge in [-0.05, 0) is 5.10 Å². The molecule has 0 aliphatic rings. The second-order valence-electron chi connectivity index (χ2n) is 3.32. The zero-order chi connectivity index (χ0) is 14.3. The molecule has 0 amide bonds. The number of nitrogens with zero attached hydrogens (tertiary/aromatic N) is 2. The van der Waals surface area contributed by atoms with Gasteiger partial charge in [0.15, 0.2) is 0 Å². The van der Waals surface area contributed by atoms with Crippen molar-refractivity contribution >= 4 is 5.69 Å². The number of anilines is 1. The van der Waals surface area contributed by atoms with Gasteiger partial charge in [-0.25, -0.2) is 18.6 Å². The molecule has 1 aromatic carbocycles. The first kappa shape index (κ1) is 15.3. The van der Waals surface area contributed by atoms with Crippen molar-refractivity contribution < 1.29 is 33.6 Å². The molecule has 0 atom stereocenters. The summed E-state index contributed by atoms with van der Waals surface area (Å²) in [6.07, 6.45) is 3.73. The number of nitrogens with one attached hydrogen (secondary N) is 1. The van der Waals surface area contributed by atoms with E-state index in [-0.39, 0.29) is 0 Å². The fourth-order valence-electron chi connectivity index (χ4n) is 1.24. The summed E-state index contributed by atoms with van der Waals surface area (Å²) in [6.45, 7) is 0. The molecular formula is C11H12ClN3O4. The highest BCUT2D eigenvalue weighted by atomic mass is 35.7. The molecule has 1 heterocycles. The molecule has 0 spiro atoms. The Morgan fingerprint density at radius 3 is 2.05 bits per heavy atom. The van der Waals surface area contributed by atoms with Gasteiger partial charge >= 0.3 is 0 Å². The Hall–Kier alpha value is -1.77. The third-order valence-electron chi connectivity index (χ3n) is 2.03. The maximum Gasteiger partial charge on any atom is 0.238 e. The van der Waals surface area contributed by atoms with E-state index in [1.54, 1.807) is 6.20 Å². The van der Waals surface area contributed by atoms with Crippen LogP contribution in [0.15, 0.2) is 48.8 Å². The molecule has 0 saturated carbocycles. The highest BCUT2D eigenvalue weighted by Gasteiger charge is 2.04. The third-order valence-corrected chi connectivity index (χ3v) is 2.03. The van der Waals surface area contributed by atoms with E-state index in [2.05, 4.69) is 10.4 Å². The average molecular weight is 286 g/mol. The first-order valence-corrected chi connectivity index (χ1v) is 6.36.